The Labute approximate surface area is 144 Å². The minimum atomic E-state index is 0.568. The van der Waals surface area contributed by atoms with E-state index in [2.05, 4.69) is 48.3 Å². The SMILES string of the molecule is COc1ccccc1CN1Cc2ccccc2N=C1NCC(C)C. The molecule has 0 aliphatic carbocycles. The van der Waals surface area contributed by atoms with E-state index in [0.717, 1.165) is 37.0 Å². The molecule has 3 rings (SSSR count). The topological polar surface area (TPSA) is 36.9 Å². The predicted octanol–water partition coefficient (Wildman–Crippen LogP) is 3.94. The molecule has 0 saturated heterocycles. The van der Waals surface area contributed by atoms with Crippen molar-refractivity contribution >= 4 is 11.6 Å². The Morgan fingerprint density at radius 2 is 1.88 bits per heavy atom. The molecule has 4 heteroatoms. The van der Waals surface area contributed by atoms with E-state index in [0.29, 0.717) is 5.92 Å². The fourth-order valence-corrected chi connectivity index (χ4v) is 2.84. The number of para-hydroxylation sites is 2. The van der Waals surface area contributed by atoms with Crippen LogP contribution in [0.15, 0.2) is 53.5 Å². The van der Waals surface area contributed by atoms with Crippen LogP contribution in [0.1, 0.15) is 25.0 Å². The number of fused-ring (bicyclic) bond motifs is 1. The van der Waals surface area contributed by atoms with Gasteiger partial charge in [0.15, 0.2) is 5.96 Å². The van der Waals surface area contributed by atoms with Crippen LogP contribution in [0.25, 0.3) is 0 Å². The van der Waals surface area contributed by atoms with E-state index >= 15 is 0 Å². The number of hydrogen-bond donors (Lipinski definition) is 1. The summed E-state index contributed by atoms with van der Waals surface area (Å²) in [5.41, 5.74) is 3.47. The van der Waals surface area contributed by atoms with Crippen molar-refractivity contribution in [2.45, 2.75) is 26.9 Å². The van der Waals surface area contributed by atoms with E-state index in [1.807, 2.05) is 24.3 Å². The van der Waals surface area contributed by atoms with Crippen LogP contribution >= 0.6 is 0 Å². The molecular weight excluding hydrogens is 298 g/mol. The normalized spacial score (nSPS) is 13.5. The molecule has 24 heavy (non-hydrogen) atoms. The average Bonchev–Trinajstić information content (AvgIpc) is 2.60. The number of hydrogen-bond acceptors (Lipinski definition) is 4. The first-order chi connectivity index (χ1) is 11.7. The van der Waals surface area contributed by atoms with Crippen molar-refractivity contribution in [2.75, 3.05) is 13.7 Å². The summed E-state index contributed by atoms with van der Waals surface area (Å²) in [6.07, 6.45) is 0. The Hall–Kier alpha value is -2.49. The highest BCUT2D eigenvalue weighted by atomic mass is 16.5. The molecule has 0 amide bonds. The third-order valence-electron chi connectivity index (χ3n) is 4.10. The zero-order valence-electron chi connectivity index (χ0n) is 14.6. The number of benzene rings is 2. The number of ether oxygens (including phenoxy) is 1. The Balaban J connectivity index is 1.87. The number of methoxy groups -OCH3 is 1. The molecule has 1 N–H and O–H groups in total. The lowest BCUT2D eigenvalue weighted by atomic mass is 10.1. The fraction of sp³-hybridized carbons (Fsp3) is 0.350. The molecule has 0 unspecified atom stereocenters. The smallest absolute Gasteiger partial charge is 0.199 e. The van der Waals surface area contributed by atoms with Crippen LogP contribution < -0.4 is 10.1 Å². The Morgan fingerprint density at radius 3 is 2.67 bits per heavy atom. The van der Waals surface area contributed by atoms with E-state index in [9.17, 15) is 0 Å². The number of aliphatic imine (C=N–C) groups is 1. The summed E-state index contributed by atoms with van der Waals surface area (Å²) in [5, 5.41) is 3.50. The Morgan fingerprint density at radius 1 is 1.12 bits per heavy atom. The van der Waals surface area contributed by atoms with Gasteiger partial charge in [-0.2, -0.15) is 0 Å². The second-order valence-electron chi connectivity index (χ2n) is 6.51. The van der Waals surface area contributed by atoms with E-state index in [1.165, 1.54) is 11.1 Å². The predicted molar refractivity (Wildman–Crippen MR) is 98.6 cm³/mol. The molecule has 0 fully saturated rings. The quantitative estimate of drug-likeness (QED) is 0.905. The average molecular weight is 323 g/mol. The van der Waals surface area contributed by atoms with Crippen molar-refractivity contribution < 1.29 is 4.74 Å². The van der Waals surface area contributed by atoms with Crippen molar-refractivity contribution in [1.29, 1.82) is 0 Å². The molecule has 4 nitrogen and oxygen atoms in total. The molecule has 0 bridgehead atoms. The van der Waals surface area contributed by atoms with Gasteiger partial charge in [0, 0.05) is 25.2 Å². The van der Waals surface area contributed by atoms with Gasteiger partial charge in [0.2, 0.25) is 0 Å². The lowest BCUT2D eigenvalue weighted by molar-refractivity contribution is 0.361. The maximum Gasteiger partial charge on any atom is 0.199 e. The number of guanidine groups is 1. The van der Waals surface area contributed by atoms with Crippen molar-refractivity contribution in [3.05, 3.63) is 59.7 Å². The molecule has 2 aromatic carbocycles. The van der Waals surface area contributed by atoms with Crippen molar-refractivity contribution in [1.82, 2.24) is 10.2 Å². The van der Waals surface area contributed by atoms with Crippen LogP contribution in [0.4, 0.5) is 5.69 Å². The van der Waals surface area contributed by atoms with E-state index in [-0.39, 0.29) is 0 Å². The molecule has 1 aliphatic heterocycles. The number of nitrogens with zero attached hydrogens (tertiary/aromatic N) is 2. The summed E-state index contributed by atoms with van der Waals surface area (Å²) in [6, 6.07) is 16.5. The Bertz CT molecular complexity index is 724. The molecule has 1 heterocycles. The lowest BCUT2D eigenvalue weighted by Crippen LogP contribution is -2.43. The van der Waals surface area contributed by atoms with Crippen molar-refractivity contribution in [3.8, 4) is 5.75 Å². The first-order valence-electron chi connectivity index (χ1n) is 8.44. The van der Waals surface area contributed by atoms with Gasteiger partial charge in [-0.15, -0.1) is 0 Å². The first-order valence-corrected chi connectivity index (χ1v) is 8.44. The largest absolute Gasteiger partial charge is 0.496 e. The van der Waals surface area contributed by atoms with Gasteiger partial charge in [-0.3, -0.25) is 0 Å². The van der Waals surface area contributed by atoms with Gasteiger partial charge in [0.1, 0.15) is 5.75 Å². The second kappa shape index (κ2) is 7.39. The summed E-state index contributed by atoms with van der Waals surface area (Å²) in [7, 11) is 1.72. The monoisotopic (exact) mass is 323 g/mol. The van der Waals surface area contributed by atoms with Crippen molar-refractivity contribution in [2.24, 2.45) is 10.9 Å². The van der Waals surface area contributed by atoms with Crippen LogP contribution in [0, 0.1) is 5.92 Å². The summed E-state index contributed by atoms with van der Waals surface area (Å²) in [4.78, 5) is 7.12. The van der Waals surface area contributed by atoms with Crippen LogP contribution in [0.5, 0.6) is 5.75 Å². The molecule has 0 aromatic heterocycles. The third-order valence-corrected chi connectivity index (χ3v) is 4.10. The fourth-order valence-electron chi connectivity index (χ4n) is 2.84. The zero-order valence-corrected chi connectivity index (χ0v) is 14.6. The molecule has 2 aromatic rings. The summed E-state index contributed by atoms with van der Waals surface area (Å²) in [6.45, 7) is 6.92. The van der Waals surface area contributed by atoms with Gasteiger partial charge in [-0.05, 0) is 23.6 Å². The molecule has 0 spiro atoms. The first kappa shape index (κ1) is 16.4. The molecule has 126 valence electrons. The molecule has 0 radical (unpaired) electrons. The van der Waals surface area contributed by atoms with Gasteiger partial charge in [0.05, 0.1) is 12.8 Å². The minimum absolute atomic E-state index is 0.568. The van der Waals surface area contributed by atoms with Gasteiger partial charge in [-0.1, -0.05) is 50.2 Å². The van der Waals surface area contributed by atoms with Gasteiger partial charge < -0.3 is 15.0 Å². The van der Waals surface area contributed by atoms with Gasteiger partial charge >= 0.3 is 0 Å². The van der Waals surface area contributed by atoms with Crippen LogP contribution in [-0.2, 0) is 13.1 Å². The van der Waals surface area contributed by atoms with E-state index < -0.39 is 0 Å². The standard InChI is InChI=1S/C20H25N3O/c1-15(2)12-21-20-22-18-10-6-4-8-16(18)13-23(20)14-17-9-5-7-11-19(17)24-3/h4-11,15H,12-14H2,1-3H3,(H,21,22). The summed E-state index contributed by atoms with van der Waals surface area (Å²) in [5.74, 6) is 2.42. The Kier molecular flexibility index (Phi) is 5.04. The molecule has 1 aliphatic rings. The van der Waals surface area contributed by atoms with Crippen LogP contribution in [-0.4, -0.2) is 24.5 Å². The molecule has 0 atom stereocenters. The highest BCUT2D eigenvalue weighted by Crippen LogP contribution is 2.28. The maximum absolute atomic E-state index is 5.50. The number of nitrogens with one attached hydrogen (secondary N) is 1. The number of rotatable bonds is 5. The van der Waals surface area contributed by atoms with Crippen molar-refractivity contribution in [3.63, 3.8) is 0 Å². The van der Waals surface area contributed by atoms with E-state index in [1.54, 1.807) is 7.11 Å². The molecular formula is C20H25N3O. The minimum Gasteiger partial charge on any atom is -0.496 e. The van der Waals surface area contributed by atoms with Gasteiger partial charge in [0.25, 0.3) is 0 Å². The van der Waals surface area contributed by atoms with E-state index in [4.69, 9.17) is 9.73 Å². The third kappa shape index (κ3) is 3.70. The van der Waals surface area contributed by atoms with Gasteiger partial charge in [-0.25, -0.2) is 4.99 Å². The second-order valence-corrected chi connectivity index (χ2v) is 6.51. The zero-order chi connectivity index (χ0) is 16.9. The highest BCUT2D eigenvalue weighted by Gasteiger charge is 2.20. The lowest BCUT2D eigenvalue weighted by Gasteiger charge is -2.31. The van der Waals surface area contributed by atoms with Crippen LogP contribution in [0.2, 0.25) is 0 Å². The highest BCUT2D eigenvalue weighted by molar-refractivity contribution is 5.85. The summed E-state index contributed by atoms with van der Waals surface area (Å²) < 4.78 is 5.50. The maximum atomic E-state index is 5.50. The molecule has 0 saturated carbocycles. The van der Waals surface area contributed by atoms with Crippen LogP contribution in [0.3, 0.4) is 0 Å². The summed E-state index contributed by atoms with van der Waals surface area (Å²) >= 11 is 0.